The van der Waals surface area contributed by atoms with E-state index in [1.165, 1.54) is 6.07 Å². The Morgan fingerprint density at radius 3 is 2.50 bits per heavy atom. The van der Waals surface area contributed by atoms with E-state index in [2.05, 4.69) is 10.1 Å². The summed E-state index contributed by atoms with van der Waals surface area (Å²) in [5.41, 5.74) is -1.25. The highest BCUT2D eigenvalue weighted by molar-refractivity contribution is 5.55. The second-order valence-corrected chi connectivity index (χ2v) is 3.69. The molecule has 0 radical (unpaired) electrons. The fourth-order valence-electron chi connectivity index (χ4n) is 1.44. The smallest absolute Gasteiger partial charge is 0.349 e. The van der Waals surface area contributed by atoms with Crippen LogP contribution in [0.2, 0.25) is 0 Å². The van der Waals surface area contributed by atoms with Crippen LogP contribution >= 0.6 is 0 Å². The van der Waals surface area contributed by atoms with Crippen LogP contribution in [-0.2, 0) is 6.61 Å². The second-order valence-electron chi connectivity index (χ2n) is 3.69. The van der Waals surface area contributed by atoms with Gasteiger partial charge in [-0.3, -0.25) is 20.2 Å². The highest BCUT2D eigenvalue weighted by Crippen LogP contribution is 2.30. The van der Waals surface area contributed by atoms with E-state index < -0.39 is 21.2 Å². The zero-order valence-corrected chi connectivity index (χ0v) is 10.2. The summed E-state index contributed by atoms with van der Waals surface area (Å²) in [5.74, 6) is 0.722. The fourth-order valence-corrected chi connectivity index (χ4v) is 1.44. The van der Waals surface area contributed by atoms with Crippen LogP contribution < -0.4 is 4.74 Å². The molecule has 0 N–H and O–H groups in total. The van der Waals surface area contributed by atoms with Gasteiger partial charge in [0, 0.05) is 6.07 Å². The fraction of sp³-hybridized carbons (Fsp3) is 0.200. The Labute approximate surface area is 111 Å². The molecule has 0 spiro atoms. The third-order valence-electron chi connectivity index (χ3n) is 2.27. The number of hydrogen-bond donors (Lipinski definition) is 0. The third-order valence-corrected chi connectivity index (χ3v) is 2.27. The lowest BCUT2D eigenvalue weighted by Crippen LogP contribution is -1.99. The molecule has 0 aliphatic heterocycles. The third kappa shape index (κ3) is 2.85. The standard InChI is InChI=1S/C10H8N4O6/c1-6-11-10(20-12-6)5-19-7-2-3-8(13(15)16)9(4-7)14(17)18/h2-4H,5H2,1H3. The van der Waals surface area contributed by atoms with Crippen LogP contribution in [0.25, 0.3) is 0 Å². The molecule has 0 aliphatic rings. The molecular formula is C10H8N4O6. The molecule has 0 fully saturated rings. The van der Waals surface area contributed by atoms with Gasteiger partial charge < -0.3 is 9.26 Å². The first-order valence-electron chi connectivity index (χ1n) is 5.32. The molecule has 0 atom stereocenters. The Balaban J connectivity index is 2.18. The Hall–Kier alpha value is -3.04. The van der Waals surface area contributed by atoms with Crippen molar-refractivity contribution in [2.45, 2.75) is 13.5 Å². The number of nitro benzene ring substituents is 2. The van der Waals surface area contributed by atoms with E-state index in [-0.39, 0.29) is 18.2 Å². The first-order chi connectivity index (χ1) is 9.47. The van der Waals surface area contributed by atoms with Gasteiger partial charge in [-0.1, -0.05) is 5.16 Å². The molecule has 1 aromatic heterocycles. The normalized spacial score (nSPS) is 10.2. The molecule has 20 heavy (non-hydrogen) atoms. The van der Waals surface area contributed by atoms with Gasteiger partial charge in [0.1, 0.15) is 5.75 Å². The molecular weight excluding hydrogens is 272 g/mol. The van der Waals surface area contributed by atoms with E-state index in [0.29, 0.717) is 5.82 Å². The van der Waals surface area contributed by atoms with E-state index in [1.54, 1.807) is 6.92 Å². The van der Waals surface area contributed by atoms with Gasteiger partial charge in [0.2, 0.25) is 0 Å². The average Bonchev–Trinajstić information content (AvgIpc) is 2.81. The molecule has 2 rings (SSSR count). The Kier molecular flexibility index (Phi) is 3.55. The second kappa shape index (κ2) is 5.30. The average molecular weight is 280 g/mol. The molecule has 2 aromatic rings. The maximum absolute atomic E-state index is 10.8. The summed E-state index contributed by atoms with van der Waals surface area (Å²) in [6.45, 7) is 1.54. The van der Waals surface area contributed by atoms with Crippen LogP contribution in [0.4, 0.5) is 11.4 Å². The molecule has 1 heterocycles. The molecule has 104 valence electrons. The number of nitro groups is 2. The summed E-state index contributed by atoms with van der Waals surface area (Å²) < 4.78 is 10.0. The summed E-state index contributed by atoms with van der Waals surface area (Å²) >= 11 is 0. The Bertz CT molecular complexity index is 668. The zero-order valence-electron chi connectivity index (χ0n) is 10.2. The van der Waals surface area contributed by atoms with E-state index in [9.17, 15) is 20.2 Å². The lowest BCUT2D eigenvalue weighted by molar-refractivity contribution is -0.422. The minimum Gasteiger partial charge on any atom is -0.483 e. The van der Waals surface area contributed by atoms with Crippen LogP contribution in [-0.4, -0.2) is 20.0 Å². The summed E-state index contributed by atoms with van der Waals surface area (Å²) in [5, 5.41) is 25.0. The van der Waals surface area contributed by atoms with Gasteiger partial charge in [0.25, 0.3) is 5.89 Å². The van der Waals surface area contributed by atoms with Crippen molar-refractivity contribution in [3.63, 3.8) is 0 Å². The molecule has 0 bridgehead atoms. The molecule has 0 saturated carbocycles. The van der Waals surface area contributed by atoms with E-state index >= 15 is 0 Å². The van der Waals surface area contributed by atoms with Gasteiger partial charge in [-0.15, -0.1) is 0 Å². The van der Waals surface area contributed by atoms with Crippen LogP contribution in [0, 0.1) is 27.2 Å². The molecule has 0 aliphatic carbocycles. The summed E-state index contributed by atoms with van der Waals surface area (Å²) in [6.07, 6.45) is 0. The van der Waals surface area contributed by atoms with Crippen molar-refractivity contribution in [1.82, 2.24) is 10.1 Å². The predicted molar refractivity (Wildman–Crippen MR) is 63.1 cm³/mol. The molecule has 0 unspecified atom stereocenters. The maximum atomic E-state index is 10.8. The molecule has 10 heteroatoms. The maximum Gasteiger partial charge on any atom is 0.349 e. The van der Waals surface area contributed by atoms with Crippen molar-refractivity contribution in [2.75, 3.05) is 0 Å². The van der Waals surface area contributed by atoms with Gasteiger partial charge in [0.15, 0.2) is 12.4 Å². The largest absolute Gasteiger partial charge is 0.483 e. The minimum atomic E-state index is -0.845. The first kappa shape index (κ1) is 13.4. The van der Waals surface area contributed by atoms with Crippen molar-refractivity contribution >= 4 is 11.4 Å². The Morgan fingerprint density at radius 1 is 1.25 bits per heavy atom. The number of aromatic nitrogens is 2. The zero-order chi connectivity index (χ0) is 14.7. The van der Waals surface area contributed by atoms with Crippen molar-refractivity contribution < 1.29 is 19.1 Å². The van der Waals surface area contributed by atoms with Crippen LogP contribution in [0.1, 0.15) is 11.7 Å². The predicted octanol–water partition coefficient (Wildman–Crippen LogP) is 1.77. The number of rotatable bonds is 5. The van der Waals surface area contributed by atoms with E-state index in [0.717, 1.165) is 12.1 Å². The highest BCUT2D eigenvalue weighted by Gasteiger charge is 2.24. The molecule has 0 amide bonds. The monoisotopic (exact) mass is 280 g/mol. The Morgan fingerprint density at radius 2 is 1.95 bits per heavy atom. The van der Waals surface area contributed by atoms with Crippen molar-refractivity contribution in [3.8, 4) is 5.75 Å². The van der Waals surface area contributed by atoms with Crippen LogP contribution in [0.3, 0.4) is 0 Å². The molecule has 1 aromatic carbocycles. The number of aryl methyl sites for hydroxylation is 1. The number of ether oxygens (including phenoxy) is 1. The minimum absolute atomic E-state index is 0.0875. The quantitative estimate of drug-likeness (QED) is 0.597. The van der Waals surface area contributed by atoms with Crippen LogP contribution in [0.15, 0.2) is 22.7 Å². The van der Waals surface area contributed by atoms with Crippen molar-refractivity contribution in [2.24, 2.45) is 0 Å². The van der Waals surface area contributed by atoms with Crippen molar-refractivity contribution in [3.05, 3.63) is 50.1 Å². The van der Waals surface area contributed by atoms with Gasteiger partial charge in [-0.25, -0.2) is 0 Å². The lowest BCUT2D eigenvalue weighted by atomic mass is 10.2. The summed E-state index contributed by atoms with van der Waals surface area (Å²) in [7, 11) is 0. The number of benzene rings is 1. The van der Waals surface area contributed by atoms with Gasteiger partial charge in [-0.2, -0.15) is 4.98 Å². The number of nitrogens with zero attached hydrogens (tertiary/aromatic N) is 4. The van der Waals surface area contributed by atoms with Gasteiger partial charge >= 0.3 is 11.4 Å². The summed E-state index contributed by atoms with van der Waals surface area (Å²) in [6, 6.07) is 3.24. The molecule has 10 nitrogen and oxygen atoms in total. The SMILES string of the molecule is Cc1noc(COc2ccc([N+](=O)[O-])c([N+](=O)[O-])c2)n1. The van der Waals surface area contributed by atoms with E-state index in [1.807, 2.05) is 0 Å². The van der Waals surface area contributed by atoms with Crippen molar-refractivity contribution in [1.29, 1.82) is 0 Å². The van der Waals surface area contributed by atoms with E-state index in [4.69, 9.17) is 9.26 Å². The molecule has 0 saturated heterocycles. The van der Waals surface area contributed by atoms with Gasteiger partial charge in [0.05, 0.1) is 15.9 Å². The summed E-state index contributed by atoms with van der Waals surface area (Å²) in [4.78, 5) is 23.6. The van der Waals surface area contributed by atoms with Gasteiger partial charge in [-0.05, 0) is 13.0 Å². The lowest BCUT2D eigenvalue weighted by Gasteiger charge is -2.02. The van der Waals surface area contributed by atoms with Crippen LogP contribution in [0.5, 0.6) is 5.75 Å². The first-order valence-corrected chi connectivity index (χ1v) is 5.32. The topological polar surface area (TPSA) is 134 Å². The highest BCUT2D eigenvalue weighted by atomic mass is 16.6. The number of hydrogen-bond acceptors (Lipinski definition) is 8.